The first-order chi connectivity index (χ1) is 12.9. The van der Waals surface area contributed by atoms with Crippen LogP contribution < -0.4 is 16.6 Å². The van der Waals surface area contributed by atoms with Crippen LogP contribution in [0.4, 0.5) is 0 Å². The molecule has 1 aliphatic heterocycles. The number of benzene rings is 1. The lowest BCUT2D eigenvalue weighted by Crippen LogP contribution is -2.42. The Bertz CT molecular complexity index is 978. The van der Waals surface area contributed by atoms with Gasteiger partial charge in [-0.1, -0.05) is 12.1 Å². The summed E-state index contributed by atoms with van der Waals surface area (Å²) in [4.78, 5) is 52.7. The Labute approximate surface area is 154 Å². The molecule has 2 N–H and O–H groups in total. The first-order valence-electron chi connectivity index (χ1n) is 8.72. The molecule has 9 nitrogen and oxygen atoms in total. The number of hydrogen-bond acceptors (Lipinski definition) is 5. The summed E-state index contributed by atoms with van der Waals surface area (Å²) < 4.78 is 6.51. The van der Waals surface area contributed by atoms with Crippen molar-refractivity contribution in [2.45, 2.75) is 31.6 Å². The fraction of sp³-hybridized carbons (Fsp3) is 0.444. The minimum Gasteiger partial charge on any atom is -0.363 e. The number of nitrogens with zero attached hydrogens (tertiary/aromatic N) is 2. The van der Waals surface area contributed by atoms with Crippen molar-refractivity contribution in [2.24, 2.45) is 0 Å². The lowest BCUT2D eigenvalue weighted by molar-refractivity contribution is -0.140. The summed E-state index contributed by atoms with van der Waals surface area (Å²) in [7, 11) is 3.33. The van der Waals surface area contributed by atoms with E-state index in [1.54, 1.807) is 38.4 Å². The van der Waals surface area contributed by atoms with E-state index in [0.717, 1.165) is 4.57 Å². The van der Waals surface area contributed by atoms with Crippen molar-refractivity contribution in [1.82, 2.24) is 19.8 Å². The van der Waals surface area contributed by atoms with E-state index in [0.29, 0.717) is 23.7 Å². The lowest BCUT2D eigenvalue weighted by Gasteiger charge is -2.17. The Balaban J connectivity index is 1.61. The predicted molar refractivity (Wildman–Crippen MR) is 98.4 cm³/mol. The second kappa shape index (κ2) is 7.75. The Hall–Kier alpha value is -2.94. The Morgan fingerprint density at radius 1 is 1.26 bits per heavy atom. The molecule has 0 radical (unpaired) electrons. The van der Waals surface area contributed by atoms with E-state index in [1.165, 1.54) is 4.90 Å². The molecule has 0 spiro atoms. The molecule has 1 aromatic heterocycles. The highest BCUT2D eigenvalue weighted by molar-refractivity contribution is 5.81. The molecule has 2 heterocycles. The Morgan fingerprint density at radius 2 is 2.00 bits per heavy atom. The summed E-state index contributed by atoms with van der Waals surface area (Å²) in [6, 6.07) is 6.63. The number of nitrogens with one attached hydrogen (secondary N) is 2. The lowest BCUT2D eigenvalue weighted by atomic mass is 10.2. The summed E-state index contributed by atoms with van der Waals surface area (Å²) >= 11 is 0. The second-order valence-electron chi connectivity index (χ2n) is 6.73. The zero-order chi connectivity index (χ0) is 19.6. The third kappa shape index (κ3) is 4.08. The van der Waals surface area contributed by atoms with Crippen LogP contribution in [-0.4, -0.2) is 59.1 Å². The van der Waals surface area contributed by atoms with Crippen molar-refractivity contribution >= 4 is 22.7 Å². The Kier molecular flexibility index (Phi) is 5.41. The number of ether oxygens (including phenoxy) is 1. The van der Waals surface area contributed by atoms with E-state index in [9.17, 15) is 19.2 Å². The van der Waals surface area contributed by atoms with Crippen molar-refractivity contribution < 1.29 is 14.3 Å². The SMILES string of the molecule is CN(C)C(=O)[C@H]1CC[C@@H](CNC(=O)Cn2c(=O)[nH]c3ccccc3c2=O)O1. The number of amides is 2. The molecule has 0 unspecified atom stereocenters. The second-order valence-corrected chi connectivity index (χ2v) is 6.73. The maximum absolute atomic E-state index is 12.4. The van der Waals surface area contributed by atoms with Crippen molar-refractivity contribution in [1.29, 1.82) is 0 Å². The molecule has 9 heteroatoms. The Morgan fingerprint density at radius 3 is 2.74 bits per heavy atom. The molecule has 2 atom stereocenters. The van der Waals surface area contributed by atoms with Crippen LogP contribution >= 0.6 is 0 Å². The van der Waals surface area contributed by atoms with Gasteiger partial charge in [-0.25, -0.2) is 4.79 Å². The van der Waals surface area contributed by atoms with Gasteiger partial charge >= 0.3 is 5.69 Å². The quantitative estimate of drug-likeness (QED) is 0.728. The number of H-pyrrole nitrogens is 1. The fourth-order valence-corrected chi connectivity index (χ4v) is 3.10. The van der Waals surface area contributed by atoms with Crippen LogP contribution in [0.25, 0.3) is 10.9 Å². The topological polar surface area (TPSA) is 113 Å². The highest BCUT2D eigenvalue weighted by atomic mass is 16.5. The summed E-state index contributed by atoms with van der Waals surface area (Å²) in [6.45, 7) is -0.165. The highest BCUT2D eigenvalue weighted by Gasteiger charge is 2.31. The monoisotopic (exact) mass is 374 g/mol. The minimum absolute atomic E-state index is 0.0990. The van der Waals surface area contributed by atoms with Crippen LogP contribution in [0.1, 0.15) is 12.8 Å². The van der Waals surface area contributed by atoms with Crippen molar-refractivity contribution in [2.75, 3.05) is 20.6 Å². The minimum atomic E-state index is -0.636. The van der Waals surface area contributed by atoms with Gasteiger partial charge < -0.3 is 19.9 Å². The van der Waals surface area contributed by atoms with Crippen molar-refractivity contribution in [3.05, 3.63) is 45.1 Å². The third-order valence-electron chi connectivity index (χ3n) is 4.54. The average Bonchev–Trinajstić information content (AvgIpc) is 3.11. The van der Waals surface area contributed by atoms with Crippen LogP contribution in [-0.2, 0) is 20.9 Å². The number of fused-ring (bicyclic) bond motifs is 1. The molecule has 27 heavy (non-hydrogen) atoms. The zero-order valence-corrected chi connectivity index (χ0v) is 15.2. The van der Waals surface area contributed by atoms with E-state index in [2.05, 4.69) is 10.3 Å². The molecule has 1 fully saturated rings. The molecule has 2 aromatic rings. The van der Waals surface area contributed by atoms with Gasteiger partial charge in [0.1, 0.15) is 12.6 Å². The number of aromatic nitrogens is 2. The maximum atomic E-state index is 12.4. The largest absolute Gasteiger partial charge is 0.363 e. The van der Waals surface area contributed by atoms with Crippen molar-refractivity contribution in [3.8, 4) is 0 Å². The molecule has 2 amide bonds. The highest BCUT2D eigenvalue weighted by Crippen LogP contribution is 2.20. The summed E-state index contributed by atoms with van der Waals surface area (Å²) in [5.41, 5.74) is -0.721. The molecular weight excluding hydrogens is 352 g/mol. The van der Waals surface area contributed by atoms with E-state index < -0.39 is 23.3 Å². The first kappa shape index (κ1) is 18.8. The van der Waals surface area contributed by atoms with E-state index in [1.807, 2.05) is 0 Å². The molecule has 3 rings (SSSR count). The maximum Gasteiger partial charge on any atom is 0.329 e. The first-order valence-corrected chi connectivity index (χ1v) is 8.72. The molecular formula is C18H22N4O5. The number of rotatable bonds is 5. The van der Waals surface area contributed by atoms with Gasteiger partial charge in [-0.3, -0.25) is 19.0 Å². The van der Waals surface area contributed by atoms with Gasteiger partial charge in [0.15, 0.2) is 0 Å². The molecule has 0 saturated carbocycles. The standard InChI is InChI=1S/C18H22N4O5/c1-21(2)17(25)14-8-7-11(27-14)9-19-15(23)10-22-16(24)12-5-3-4-6-13(12)20-18(22)26/h3-6,11,14H,7-10H2,1-2H3,(H,19,23)(H,20,26)/t11-,14+/m0/s1. The molecule has 0 bridgehead atoms. The zero-order valence-electron chi connectivity index (χ0n) is 15.2. The molecule has 1 aliphatic rings. The number of carbonyl (C=O) groups is 2. The van der Waals surface area contributed by atoms with E-state index >= 15 is 0 Å². The fourth-order valence-electron chi connectivity index (χ4n) is 3.10. The van der Waals surface area contributed by atoms with Crippen LogP contribution in [0.3, 0.4) is 0 Å². The third-order valence-corrected chi connectivity index (χ3v) is 4.54. The van der Waals surface area contributed by atoms with Gasteiger partial charge in [0, 0.05) is 20.6 Å². The van der Waals surface area contributed by atoms with Gasteiger partial charge in [0.05, 0.1) is 17.0 Å². The summed E-state index contributed by atoms with van der Waals surface area (Å²) in [5.74, 6) is -0.568. The predicted octanol–water partition coefficient (Wildman–Crippen LogP) is -0.558. The van der Waals surface area contributed by atoms with Crippen LogP contribution in [0, 0.1) is 0 Å². The van der Waals surface area contributed by atoms with E-state index in [-0.39, 0.29) is 25.1 Å². The number of para-hydroxylation sites is 1. The number of hydrogen-bond donors (Lipinski definition) is 2. The summed E-state index contributed by atoms with van der Waals surface area (Å²) in [6.07, 6.45) is 0.491. The van der Waals surface area contributed by atoms with Gasteiger partial charge in [-0.05, 0) is 25.0 Å². The number of likely N-dealkylation sites (N-methyl/N-ethyl adjacent to an activating group) is 1. The number of carbonyl (C=O) groups excluding carboxylic acids is 2. The summed E-state index contributed by atoms with van der Waals surface area (Å²) in [5, 5.41) is 3.00. The molecule has 144 valence electrons. The van der Waals surface area contributed by atoms with Gasteiger partial charge in [-0.15, -0.1) is 0 Å². The smallest absolute Gasteiger partial charge is 0.329 e. The molecule has 1 saturated heterocycles. The van der Waals surface area contributed by atoms with Crippen molar-refractivity contribution in [3.63, 3.8) is 0 Å². The van der Waals surface area contributed by atoms with Crippen LogP contribution in [0.5, 0.6) is 0 Å². The molecule has 0 aliphatic carbocycles. The molecule has 1 aromatic carbocycles. The van der Waals surface area contributed by atoms with Crippen LogP contribution in [0.2, 0.25) is 0 Å². The normalized spacial score (nSPS) is 19.2. The van der Waals surface area contributed by atoms with Gasteiger partial charge in [-0.2, -0.15) is 0 Å². The van der Waals surface area contributed by atoms with Gasteiger partial charge in [0.2, 0.25) is 5.91 Å². The van der Waals surface area contributed by atoms with Gasteiger partial charge in [0.25, 0.3) is 11.5 Å². The van der Waals surface area contributed by atoms with Crippen LogP contribution in [0.15, 0.2) is 33.9 Å². The average molecular weight is 374 g/mol. The number of aromatic amines is 1. The van der Waals surface area contributed by atoms with E-state index in [4.69, 9.17) is 4.74 Å².